The molecule has 0 bridgehead atoms. The van der Waals surface area contributed by atoms with Crippen LogP contribution in [0.15, 0.2) is 54.6 Å². The minimum atomic E-state index is -0.729. The van der Waals surface area contributed by atoms with E-state index in [0.717, 1.165) is 14.7 Å². The summed E-state index contributed by atoms with van der Waals surface area (Å²) >= 11 is 2.23. The second-order valence-corrected chi connectivity index (χ2v) is 4.84. The summed E-state index contributed by atoms with van der Waals surface area (Å²) in [4.78, 5) is 0. The maximum Gasteiger partial charge on any atom is 0.140 e. The van der Waals surface area contributed by atoms with Crippen LogP contribution in [0.2, 0.25) is 0 Å². The van der Waals surface area contributed by atoms with Crippen molar-refractivity contribution in [3.05, 3.63) is 69.3 Å². The largest absolute Gasteiger partial charge is 0.376 e. The van der Waals surface area contributed by atoms with Gasteiger partial charge < -0.3 is 5.11 Å². The SMILES string of the molecule is OC(C#Cc1ccccc1)c1ccc(I)cc1. The van der Waals surface area contributed by atoms with Crippen molar-refractivity contribution in [3.63, 3.8) is 0 Å². The summed E-state index contributed by atoms with van der Waals surface area (Å²) in [5, 5.41) is 9.90. The molecular weight excluding hydrogens is 323 g/mol. The fourth-order valence-electron chi connectivity index (χ4n) is 1.40. The lowest BCUT2D eigenvalue weighted by Crippen LogP contribution is -1.93. The molecule has 17 heavy (non-hydrogen) atoms. The van der Waals surface area contributed by atoms with Gasteiger partial charge in [-0.05, 0) is 52.4 Å². The van der Waals surface area contributed by atoms with Crippen molar-refractivity contribution in [2.24, 2.45) is 0 Å². The molecule has 0 spiro atoms. The van der Waals surface area contributed by atoms with Crippen molar-refractivity contribution in [2.45, 2.75) is 6.10 Å². The van der Waals surface area contributed by atoms with Crippen LogP contribution in [0.25, 0.3) is 0 Å². The van der Waals surface area contributed by atoms with Crippen molar-refractivity contribution < 1.29 is 5.11 Å². The van der Waals surface area contributed by atoms with Gasteiger partial charge in [0.25, 0.3) is 0 Å². The normalized spacial score (nSPS) is 11.4. The quantitative estimate of drug-likeness (QED) is 0.626. The second-order valence-electron chi connectivity index (χ2n) is 3.59. The number of aliphatic hydroxyl groups is 1. The Kier molecular flexibility index (Phi) is 4.18. The molecule has 1 N–H and O–H groups in total. The van der Waals surface area contributed by atoms with Crippen LogP contribution in [0.5, 0.6) is 0 Å². The molecule has 0 aromatic heterocycles. The number of halogens is 1. The van der Waals surface area contributed by atoms with Crippen LogP contribution in [-0.2, 0) is 0 Å². The third-order valence-electron chi connectivity index (χ3n) is 2.31. The number of benzene rings is 2. The van der Waals surface area contributed by atoms with Crippen molar-refractivity contribution in [1.82, 2.24) is 0 Å². The standard InChI is InChI=1S/C15H11IO/c16-14-9-7-13(8-10-14)15(17)11-6-12-4-2-1-3-5-12/h1-5,7-10,15,17H. The molecule has 1 nitrogen and oxygen atoms in total. The fourth-order valence-corrected chi connectivity index (χ4v) is 1.76. The van der Waals surface area contributed by atoms with E-state index in [-0.39, 0.29) is 0 Å². The van der Waals surface area contributed by atoms with Gasteiger partial charge in [0.1, 0.15) is 6.10 Å². The Morgan fingerprint density at radius 2 is 1.59 bits per heavy atom. The van der Waals surface area contributed by atoms with Crippen LogP contribution in [0, 0.1) is 15.4 Å². The van der Waals surface area contributed by atoms with Crippen molar-refractivity contribution in [3.8, 4) is 11.8 Å². The lowest BCUT2D eigenvalue weighted by Gasteiger charge is -2.02. The molecule has 0 aliphatic carbocycles. The molecule has 2 aromatic carbocycles. The molecule has 1 unspecified atom stereocenters. The Morgan fingerprint density at radius 1 is 0.941 bits per heavy atom. The van der Waals surface area contributed by atoms with Gasteiger partial charge in [0.05, 0.1) is 0 Å². The third kappa shape index (κ3) is 3.58. The zero-order valence-corrected chi connectivity index (χ0v) is 11.3. The van der Waals surface area contributed by atoms with Gasteiger partial charge in [0, 0.05) is 9.13 Å². The van der Waals surface area contributed by atoms with Crippen molar-refractivity contribution >= 4 is 22.6 Å². The third-order valence-corrected chi connectivity index (χ3v) is 3.03. The van der Waals surface area contributed by atoms with E-state index < -0.39 is 6.10 Å². The van der Waals surface area contributed by atoms with Crippen molar-refractivity contribution in [1.29, 1.82) is 0 Å². The second kappa shape index (κ2) is 5.85. The minimum Gasteiger partial charge on any atom is -0.376 e. The number of hydrogen-bond acceptors (Lipinski definition) is 1. The first-order valence-corrected chi connectivity index (χ1v) is 6.34. The Bertz CT molecular complexity index is 535. The predicted molar refractivity (Wildman–Crippen MR) is 77.4 cm³/mol. The summed E-state index contributed by atoms with van der Waals surface area (Å²) < 4.78 is 1.15. The van der Waals surface area contributed by atoms with E-state index in [0.29, 0.717) is 0 Å². The van der Waals surface area contributed by atoms with Gasteiger partial charge in [-0.15, -0.1) is 0 Å². The molecule has 0 amide bonds. The molecule has 84 valence electrons. The molecule has 2 aromatic rings. The zero-order chi connectivity index (χ0) is 12.1. The molecule has 2 heteroatoms. The van der Waals surface area contributed by atoms with Crippen LogP contribution < -0.4 is 0 Å². The van der Waals surface area contributed by atoms with E-state index >= 15 is 0 Å². The highest BCUT2D eigenvalue weighted by Gasteiger charge is 2.02. The summed E-state index contributed by atoms with van der Waals surface area (Å²) in [6.07, 6.45) is -0.729. The number of aliphatic hydroxyl groups excluding tert-OH is 1. The topological polar surface area (TPSA) is 20.2 Å². The van der Waals surface area contributed by atoms with Gasteiger partial charge in [0.15, 0.2) is 0 Å². The van der Waals surface area contributed by atoms with E-state index in [1.807, 2.05) is 54.6 Å². The monoisotopic (exact) mass is 334 g/mol. The van der Waals surface area contributed by atoms with Gasteiger partial charge in [0.2, 0.25) is 0 Å². The summed E-state index contributed by atoms with van der Waals surface area (Å²) in [7, 11) is 0. The molecule has 0 heterocycles. The van der Waals surface area contributed by atoms with E-state index in [9.17, 15) is 5.11 Å². The van der Waals surface area contributed by atoms with E-state index in [1.54, 1.807) is 0 Å². The first-order chi connectivity index (χ1) is 8.25. The van der Waals surface area contributed by atoms with Gasteiger partial charge in [-0.25, -0.2) is 0 Å². The van der Waals surface area contributed by atoms with Crippen LogP contribution in [-0.4, -0.2) is 5.11 Å². The highest BCUT2D eigenvalue weighted by Crippen LogP contribution is 2.14. The molecule has 1 atom stereocenters. The first-order valence-electron chi connectivity index (χ1n) is 5.26. The van der Waals surface area contributed by atoms with Gasteiger partial charge in [-0.2, -0.15) is 0 Å². The lowest BCUT2D eigenvalue weighted by molar-refractivity contribution is 0.238. The average molecular weight is 334 g/mol. The molecule has 0 fully saturated rings. The Hall–Kier alpha value is -1.31. The molecular formula is C15H11IO. The zero-order valence-electron chi connectivity index (χ0n) is 9.10. The van der Waals surface area contributed by atoms with Crippen molar-refractivity contribution in [2.75, 3.05) is 0 Å². The molecule has 0 saturated heterocycles. The summed E-state index contributed by atoms with van der Waals surface area (Å²) in [6.45, 7) is 0. The van der Waals surface area contributed by atoms with Crippen LogP contribution in [0.1, 0.15) is 17.2 Å². The van der Waals surface area contributed by atoms with Crippen LogP contribution in [0.3, 0.4) is 0 Å². The maximum atomic E-state index is 9.90. The van der Waals surface area contributed by atoms with E-state index in [1.165, 1.54) is 0 Å². The smallest absolute Gasteiger partial charge is 0.140 e. The molecule has 0 saturated carbocycles. The van der Waals surface area contributed by atoms with E-state index in [2.05, 4.69) is 34.4 Å². The van der Waals surface area contributed by atoms with Gasteiger partial charge in [-0.3, -0.25) is 0 Å². The lowest BCUT2D eigenvalue weighted by atomic mass is 10.1. The Balaban J connectivity index is 2.15. The Labute approximate surface area is 115 Å². The first kappa shape index (κ1) is 12.2. The minimum absolute atomic E-state index is 0.729. The summed E-state index contributed by atoms with van der Waals surface area (Å²) in [5.41, 5.74) is 1.74. The maximum absolute atomic E-state index is 9.90. The fraction of sp³-hybridized carbons (Fsp3) is 0.0667. The number of rotatable bonds is 1. The van der Waals surface area contributed by atoms with Gasteiger partial charge in [-0.1, -0.05) is 42.2 Å². The van der Waals surface area contributed by atoms with Crippen LogP contribution >= 0.6 is 22.6 Å². The predicted octanol–water partition coefficient (Wildman–Crippen LogP) is 3.38. The molecule has 2 rings (SSSR count). The van der Waals surface area contributed by atoms with Crippen LogP contribution in [0.4, 0.5) is 0 Å². The highest BCUT2D eigenvalue weighted by atomic mass is 127. The van der Waals surface area contributed by atoms with Gasteiger partial charge >= 0.3 is 0 Å². The number of hydrogen-bond donors (Lipinski definition) is 1. The summed E-state index contributed by atoms with van der Waals surface area (Å²) in [5.74, 6) is 5.79. The summed E-state index contributed by atoms with van der Waals surface area (Å²) in [6, 6.07) is 17.4. The van der Waals surface area contributed by atoms with E-state index in [4.69, 9.17) is 0 Å². The molecule has 0 radical (unpaired) electrons. The average Bonchev–Trinajstić information content (AvgIpc) is 2.38. The molecule has 0 aliphatic heterocycles. The Morgan fingerprint density at radius 3 is 2.24 bits per heavy atom. The molecule has 0 aliphatic rings. The highest BCUT2D eigenvalue weighted by molar-refractivity contribution is 14.1.